The molecule has 0 heterocycles. The minimum absolute atomic E-state index is 0.149. The third-order valence-electron chi connectivity index (χ3n) is 3.94. The zero-order valence-electron chi connectivity index (χ0n) is 10.3. The number of rotatable bonds is 2. The van der Waals surface area contributed by atoms with Crippen molar-refractivity contribution in [2.24, 2.45) is 11.3 Å². The molecule has 1 aliphatic carbocycles. The predicted octanol–water partition coefficient (Wildman–Crippen LogP) is 5.10. The first-order valence-electron chi connectivity index (χ1n) is 6.06. The molecular weight excluding hydrogens is 213 g/mol. The highest BCUT2D eigenvalue weighted by molar-refractivity contribution is 5.10. The Bertz CT molecular complexity index is 265. The molecule has 0 radical (unpaired) electrons. The lowest BCUT2D eigenvalue weighted by Gasteiger charge is -2.30. The minimum atomic E-state index is -4.07. The number of allylic oxidation sites excluding steroid dienone is 2. The van der Waals surface area contributed by atoms with Gasteiger partial charge >= 0.3 is 6.18 Å². The van der Waals surface area contributed by atoms with E-state index < -0.39 is 11.6 Å². The van der Waals surface area contributed by atoms with Gasteiger partial charge in [0.15, 0.2) is 0 Å². The van der Waals surface area contributed by atoms with Crippen LogP contribution in [0.25, 0.3) is 0 Å². The van der Waals surface area contributed by atoms with Crippen LogP contribution in [0.1, 0.15) is 52.9 Å². The Morgan fingerprint density at radius 1 is 1.44 bits per heavy atom. The van der Waals surface area contributed by atoms with Crippen molar-refractivity contribution in [1.82, 2.24) is 0 Å². The molecule has 3 heteroatoms. The maximum atomic E-state index is 12.9. The highest BCUT2D eigenvalue weighted by atomic mass is 19.4. The van der Waals surface area contributed by atoms with E-state index in [9.17, 15) is 13.2 Å². The zero-order chi connectivity index (χ0) is 12.4. The normalized spacial score (nSPS) is 29.5. The van der Waals surface area contributed by atoms with E-state index >= 15 is 0 Å². The first-order chi connectivity index (χ1) is 7.30. The smallest absolute Gasteiger partial charge is 0.171 e. The number of hydrogen-bond donors (Lipinski definition) is 0. The van der Waals surface area contributed by atoms with Crippen LogP contribution in [-0.4, -0.2) is 6.18 Å². The summed E-state index contributed by atoms with van der Waals surface area (Å²) in [5.41, 5.74) is -0.294. The van der Waals surface area contributed by atoms with E-state index in [-0.39, 0.29) is 12.8 Å². The molecular formula is C13H21F3. The summed E-state index contributed by atoms with van der Waals surface area (Å²) in [5, 5.41) is 0. The lowest BCUT2D eigenvalue weighted by atomic mass is 9.82. The molecule has 94 valence electrons. The van der Waals surface area contributed by atoms with Crippen molar-refractivity contribution < 1.29 is 13.2 Å². The van der Waals surface area contributed by atoms with Crippen molar-refractivity contribution in [2.45, 2.75) is 59.1 Å². The molecule has 1 rings (SSSR count). The first-order valence-corrected chi connectivity index (χ1v) is 6.06. The molecule has 0 bridgehead atoms. The molecule has 0 saturated heterocycles. The summed E-state index contributed by atoms with van der Waals surface area (Å²) in [6, 6.07) is 0. The second-order valence-corrected chi connectivity index (χ2v) is 5.20. The van der Waals surface area contributed by atoms with Gasteiger partial charge in [-0.1, -0.05) is 32.4 Å². The molecule has 2 atom stereocenters. The van der Waals surface area contributed by atoms with Crippen molar-refractivity contribution in [3.05, 3.63) is 11.6 Å². The molecule has 0 nitrogen and oxygen atoms in total. The number of hydrogen-bond acceptors (Lipinski definition) is 0. The van der Waals surface area contributed by atoms with E-state index in [1.54, 1.807) is 0 Å². The summed E-state index contributed by atoms with van der Waals surface area (Å²) in [7, 11) is 0. The van der Waals surface area contributed by atoms with Crippen LogP contribution in [-0.2, 0) is 0 Å². The molecule has 0 aliphatic heterocycles. The fourth-order valence-electron chi connectivity index (χ4n) is 2.21. The molecule has 0 aromatic carbocycles. The van der Waals surface area contributed by atoms with Gasteiger partial charge in [-0.05, 0) is 38.0 Å². The number of halogens is 3. The molecule has 16 heavy (non-hydrogen) atoms. The van der Waals surface area contributed by atoms with Crippen LogP contribution < -0.4 is 0 Å². The second kappa shape index (κ2) is 4.80. The van der Waals surface area contributed by atoms with Gasteiger partial charge in [-0.3, -0.25) is 0 Å². The van der Waals surface area contributed by atoms with E-state index in [1.165, 1.54) is 12.5 Å². The van der Waals surface area contributed by atoms with Crippen molar-refractivity contribution in [1.29, 1.82) is 0 Å². The molecule has 0 saturated carbocycles. The van der Waals surface area contributed by atoms with E-state index in [2.05, 4.69) is 13.8 Å². The van der Waals surface area contributed by atoms with Crippen LogP contribution in [0.15, 0.2) is 11.6 Å². The predicted molar refractivity (Wildman–Crippen MR) is 60.2 cm³/mol. The second-order valence-electron chi connectivity index (χ2n) is 5.20. The summed E-state index contributed by atoms with van der Waals surface area (Å²) < 4.78 is 38.7. The lowest BCUT2D eigenvalue weighted by Crippen LogP contribution is -2.34. The molecule has 0 amide bonds. The Balaban J connectivity index is 2.81. The van der Waals surface area contributed by atoms with Crippen molar-refractivity contribution in [2.75, 3.05) is 0 Å². The van der Waals surface area contributed by atoms with E-state index in [0.717, 1.165) is 12.8 Å². The van der Waals surface area contributed by atoms with Crippen molar-refractivity contribution in [3.63, 3.8) is 0 Å². The van der Waals surface area contributed by atoms with Crippen LogP contribution >= 0.6 is 0 Å². The standard InChI is InChI=1S/C13H21F3/c1-4-10(2)11-6-5-8-12(3,9-7-11)13(14,15)16/h7,10H,4-6,8-9H2,1-3H3/t10?,12-/m1/s1. The quantitative estimate of drug-likeness (QED) is 0.583. The Morgan fingerprint density at radius 2 is 2.06 bits per heavy atom. The van der Waals surface area contributed by atoms with Gasteiger partial charge in [0.1, 0.15) is 0 Å². The summed E-state index contributed by atoms with van der Waals surface area (Å²) in [5.74, 6) is 0.426. The third-order valence-corrected chi connectivity index (χ3v) is 3.94. The van der Waals surface area contributed by atoms with Gasteiger partial charge in [0, 0.05) is 0 Å². The monoisotopic (exact) mass is 234 g/mol. The van der Waals surface area contributed by atoms with E-state index in [0.29, 0.717) is 12.3 Å². The molecule has 0 N–H and O–H groups in total. The zero-order valence-corrected chi connectivity index (χ0v) is 10.3. The fourth-order valence-corrected chi connectivity index (χ4v) is 2.21. The van der Waals surface area contributed by atoms with Crippen LogP contribution in [0.2, 0.25) is 0 Å². The van der Waals surface area contributed by atoms with Crippen molar-refractivity contribution >= 4 is 0 Å². The topological polar surface area (TPSA) is 0 Å². The fraction of sp³-hybridized carbons (Fsp3) is 0.846. The Labute approximate surface area is 95.9 Å². The van der Waals surface area contributed by atoms with Gasteiger partial charge < -0.3 is 0 Å². The van der Waals surface area contributed by atoms with Crippen LogP contribution in [0, 0.1) is 11.3 Å². The lowest BCUT2D eigenvalue weighted by molar-refractivity contribution is -0.219. The highest BCUT2D eigenvalue weighted by Crippen LogP contribution is 2.47. The van der Waals surface area contributed by atoms with Gasteiger partial charge in [-0.25, -0.2) is 0 Å². The van der Waals surface area contributed by atoms with Gasteiger partial charge in [0.05, 0.1) is 5.41 Å². The van der Waals surface area contributed by atoms with E-state index in [1.807, 2.05) is 6.08 Å². The minimum Gasteiger partial charge on any atom is -0.171 e. The molecule has 1 aliphatic rings. The van der Waals surface area contributed by atoms with Gasteiger partial charge in [-0.2, -0.15) is 13.2 Å². The highest BCUT2D eigenvalue weighted by Gasteiger charge is 2.50. The first kappa shape index (κ1) is 13.6. The summed E-state index contributed by atoms with van der Waals surface area (Å²) >= 11 is 0. The Morgan fingerprint density at radius 3 is 2.56 bits per heavy atom. The van der Waals surface area contributed by atoms with Gasteiger partial charge in [0.2, 0.25) is 0 Å². The average Bonchev–Trinajstić information content (AvgIpc) is 2.39. The molecule has 0 aromatic heterocycles. The molecule has 1 unspecified atom stereocenters. The van der Waals surface area contributed by atoms with Gasteiger partial charge in [0.25, 0.3) is 0 Å². The summed E-state index contributed by atoms with van der Waals surface area (Å²) in [4.78, 5) is 0. The maximum absolute atomic E-state index is 12.9. The summed E-state index contributed by atoms with van der Waals surface area (Å²) in [6.45, 7) is 5.53. The molecule has 0 fully saturated rings. The van der Waals surface area contributed by atoms with Crippen LogP contribution in [0.3, 0.4) is 0 Å². The summed E-state index contributed by atoms with van der Waals surface area (Å²) in [6.07, 6.45) is 0.674. The average molecular weight is 234 g/mol. The third kappa shape index (κ3) is 2.80. The van der Waals surface area contributed by atoms with E-state index in [4.69, 9.17) is 0 Å². The van der Waals surface area contributed by atoms with Gasteiger partial charge in [-0.15, -0.1) is 0 Å². The van der Waals surface area contributed by atoms with Crippen LogP contribution in [0.5, 0.6) is 0 Å². The van der Waals surface area contributed by atoms with Crippen LogP contribution in [0.4, 0.5) is 13.2 Å². The Hall–Kier alpha value is -0.470. The SMILES string of the molecule is CCC(C)C1=CC[C@](C)(C(F)(F)F)CCC1. The van der Waals surface area contributed by atoms with Crippen molar-refractivity contribution in [3.8, 4) is 0 Å². The number of alkyl halides is 3. The molecule has 0 aromatic rings. The Kier molecular flexibility index (Phi) is 4.08. The molecule has 0 spiro atoms. The largest absolute Gasteiger partial charge is 0.394 e. The maximum Gasteiger partial charge on any atom is 0.394 e.